The molecule has 0 saturated carbocycles. The highest BCUT2D eigenvalue weighted by Crippen LogP contribution is 2.27. The molecule has 1 saturated heterocycles. The van der Waals surface area contributed by atoms with E-state index in [0.29, 0.717) is 28.4 Å². The number of rotatable bonds is 7. The van der Waals surface area contributed by atoms with Gasteiger partial charge in [0, 0.05) is 11.1 Å². The van der Waals surface area contributed by atoms with Crippen LogP contribution < -0.4 is 21.5 Å². The van der Waals surface area contributed by atoms with Crippen molar-refractivity contribution in [3.05, 3.63) is 53.6 Å². The van der Waals surface area contributed by atoms with Gasteiger partial charge in [0.15, 0.2) is 5.78 Å². The van der Waals surface area contributed by atoms with E-state index in [0.717, 1.165) is 44.5 Å². The summed E-state index contributed by atoms with van der Waals surface area (Å²) >= 11 is 0. The van der Waals surface area contributed by atoms with Gasteiger partial charge in [0.05, 0.1) is 11.4 Å². The summed E-state index contributed by atoms with van der Waals surface area (Å²) in [4.78, 5) is 12.8. The van der Waals surface area contributed by atoms with E-state index in [1.54, 1.807) is 24.3 Å². The lowest BCUT2D eigenvalue weighted by atomic mass is 9.89. The molecule has 0 aromatic heterocycles. The first-order valence-corrected chi connectivity index (χ1v) is 9.75. The maximum absolute atomic E-state index is 12.8. The molecule has 1 fully saturated rings. The summed E-state index contributed by atoms with van der Waals surface area (Å²) in [6, 6.07) is 12.4. The second-order valence-corrected chi connectivity index (χ2v) is 7.23. The highest BCUT2D eigenvalue weighted by Gasteiger charge is 2.24. The maximum atomic E-state index is 12.8. The van der Waals surface area contributed by atoms with Gasteiger partial charge in [0.1, 0.15) is 11.9 Å². The normalized spacial score (nSPS) is 16.0. The lowest BCUT2D eigenvalue weighted by molar-refractivity contribution is 0.101. The highest BCUT2D eigenvalue weighted by molar-refractivity contribution is 6.10. The smallest absolute Gasteiger partial charge is 0.193 e. The van der Waals surface area contributed by atoms with E-state index in [1.165, 1.54) is 0 Å². The van der Waals surface area contributed by atoms with E-state index < -0.39 is 0 Å². The van der Waals surface area contributed by atoms with Crippen molar-refractivity contribution in [2.24, 2.45) is 5.92 Å². The summed E-state index contributed by atoms with van der Waals surface area (Å²) in [5.41, 5.74) is 13.6. The van der Waals surface area contributed by atoms with Gasteiger partial charge in [-0.1, -0.05) is 25.5 Å². The molecule has 27 heavy (non-hydrogen) atoms. The second-order valence-electron chi connectivity index (χ2n) is 7.23. The quantitative estimate of drug-likeness (QED) is 0.513. The molecule has 0 amide bonds. The molecule has 0 radical (unpaired) electrons. The van der Waals surface area contributed by atoms with E-state index >= 15 is 0 Å². The highest BCUT2D eigenvalue weighted by atomic mass is 16.5. The number of ether oxygens (including phenoxy) is 1. The number of nitrogens with two attached hydrogens (primary N) is 2. The van der Waals surface area contributed by atoms with Gasteiger partial charge in [-0.3, -0.25) is 4.79 Å². The van der Waals surface area contributed by atoms with Crippen LogP contribution in [0.2, 0.25) is 0 Å². The standard InChI is InChI=1S/C22H29N3O2/c1-2-4-21(15-9-11-25-12-10-15)27-18-6-3-5-16(13-18)22(26)17-7-8-19(23)20(24)14-17/h3,5-8,13-15,21,25H,2,4,9-12,23-24H2,1H3. The van der Waals surface area contributed by atoms with Crippen molar-refractivity contribution >= 4 is 17.2 Å². The minimum atomic E-state index is -0.0824. The van der Waals surface area contributed by atoms with Crippen molar-refractivity contribution in [1.82, 2.24) is 5.32 Å². The van der Waals surface area contributed by atoms with Crippen LogP contribution in [0.1, 0.15) is 48.5 Å². The minimum absolute atomic E-state index is 0.0824. The fourth-order valence-corrected chi connectivity index (χ4v) is 3.66. The van der Waals surface area contributed by atoms with Crippen molar-refractivity contribution in [2.75, 3.05) is 24.6 Å². The fourth-order valence-electron chi connectivity index (χ4n) is 3.66. The molecular weight excluding hydrogens is 338 g/mol. The molecule has 3 rings (SSSR count). The molecule has 2 aromatic carbocycles. The molecule has 5 N–H and O–H groups in total. The lowest BCUT2D eigenvalue weighted by Crippen LogP contribution is -2.36. The van der Waals surface area contributed by atoms with Gasteiger partial charge >= 0.3 is 0 Å². The van der Waals surface area contributed by atoms with E-state index in [4.69, 9.17) is 16.2 Å². The predicted molar refractivity (Wildman–Crippen MR) is 110 cm³/mol. The Bertz CT molecular complexity index is 785. The molecule has 5 nitrogen and oxygen atoms in total. The van der Waals surface area contributed by atoms with Crippen molar-refractivity contribution in [2.45, 2.75) is 38.7 Å². The minimum Gasteiger partial charge on any atom is -0.490 e. The Morgan fingerprint density at radius 2 is 1.85 bits per heavy atom. The van der Waals surface area contributed by atoms with Crippen LogP contribution in [0.4, 0.5) is 11.4 Å². The van der Waals surface area contributed by atoms with Crippen LogP contribution in [0, 0.1) is 5.92 Å². The number of nitrogen functional groups attached to an aromatic ring is 2. The average molecular weight is 367 g/mol. The Hall–Kier alpha value is -2.53. The molecule has 1 unspecified atom stereocenters. The molecule has 2 aromatic rings. The maximum Gasteiger partial charge on any atom is 0.193 e. The van der Waals surface area contributed by atoms with E-state index in [1.807, 2.05) is 18.2 Å². The molecular formula is C22H29N3O2. The van der Waals surface area contributed by atoms with Crippen LogP contribution in [-0.4, -0.2) is 25.0 Å². The number of anilines is 2. The number of hydrogen-bond acceptors (Lipinski definition) is 5. The van der Waals surface area contributed by atoms with Gasteiger partial charge in [-0.15, -0.1) is 0 Å². The van der Waals surface area contributed by atoms with Crippen molar-refractivity contribution in [3.63, 3.8) is 0 Å². The monoisotopic (exact) mass is 367 g/mol. The fraction of sp³-hybridized carbons (Fsp3) is 0.409. The van der Waals surface area contributed by atoms with Crippen LogP contribution in [0.5, 0.6) is 5.75 Å². The predicted octanol–water partition coefficient (Wildman–Crippen LogP) is 3.63. The second kappa shape index (κ2) is 8.91. The Morgan fingerprint density at radius 3 is 2.56 bits per heavy atom. The Labute approximate surface area is 161 Å². The molecule has 1 aliphatic heterocycles. The molecule has 0 bridgehead atoms. The Balaban J connectivity index is 1.77. The molecule has 5 heteroatoms. The third kappa shape index (κ3) is 4.80. The van der Waals surface area contributed by atoms with Crippen LogP contribution in [0.15, 0.2) is 42.5 Å². The summed E-state index contributed by atoms with van der Waals surface area (Å²) in [6.45, 7) is 4.28. The average Bonchev–Trinajstić information content (AvgIpc) is 2.70. The van der Waals surface area contributed by atoms with E-state index in [2.05, 4.69) is 12.2 Å². The number of ketones is 1. The lowest BCUT2D eigenvalue weighted by Gasteiger charge is -2.31. The summed E-state index contributed by atoms with van der Waals surface area (Å²) in [5.74, 6) is 1.23. The zero-order valence-corrected chi connectivity index (χ0v) is 15.9. The van der Waals surface area contributed by atoms with Crippen molar-refractivity contribution in [1.29, 1.82) is 0 Å². The van der Waals surface area contributed by atoms with Crippen LogP contribution >= 0.6 is 0 Å². The number of carbonyl (C=O) groups excluding carboxylic acids is 1. The van der Waals surface area contributed by atoms with Gasteiger partial charge in [-0.25, -0.2) is 0 Å². The molecule has 1 aliphatic rings. The van der Waals surface area contributed by atoms with Gasteiger partial charge in [-0.05, 0) is 68.6 Å². The largest absolute Gasteiger partial charge is 0.490 e. The zero-order chi connectivity index (χ0) is 19.2. The molecule has 1 atom stereocenters. The summed E-state index contributed by atoms with van der Waals surface area (Å²) < 4.78 is 6.34. The van der Waals surface area contributed by atoms with Crippen molar-refractivity contribution in [3.8, 4) is 5.75 Å². The SMILES string of the molecule is CCCC(Oc1cccc(C(=O)c2ccc(N)c(N)c2)c1)C1CCNCC1. The number of piperidine rings is 1. The first kappa shape index (κ1) is 19.2. The number of nitrogens with one attached hydrogen (secondary N) is 1. The van der Waals surface area contributed by atoms with Crippen LogP contribution in [-0.2, 0) is 0 Å². The number of hydrogen-bond donors (Lipinski definition) is 3. The third-order valence-electron chi connectivity index (χ3n) is 5.22. The third-order valence-corrected chi connectivity index (χ3v) is 5.22. The summed E-state index contributed by atoms with van der Waals surface area (Å²) in [7, 11) is 0. The van der Waals surface area contributed by atoms with E-state index in [-0.39, 0.29) is 11.9 Å². The number of benzene rings is 2. The first-order chi connectivity index (χ1) is 13.1. The molecule has 0 aliphatic carbocycles. The van der Waals surface area contributed by atoms with E-state index in [9.17, 15) is 4.79 Å². The topological polar surface area (TPSA) is 90.4 Å². The van der Waals surface area contributed by atoms with Crippen LogP contribution in [0.3, 0.4) is 0 Å². The van der Waals surface area contributed by atoms with Crippen LogP contribution in [0.25, 0.3) is 0 Å². The first-order valence-electron chi connectivity index (χ1n) is 9.75. The Morgan fingerprint density at radius 1 is 1.11 bits per heavy atom. The summed E-state index contributed by atoms with van der Waals surface area (Å²) in [5, 5.41) is 3.41. The molecule has 1 heterocycles. The molecule has 144 valence electrons. The van der Waals surface area contributed by atoms with Gasteiger partial charge in [0.25, 0.3) is 0 Å². The van der Waals surface area contributed by atoms with Gasteiger partial charge in [0.2, 0.25) is 0 Å². The molecule has 0 spiro atoms. The zero-order valence-electron chi connectivity index (χ0n) is 15.9. The van der Waals surface area contributed by atoms with Gasteiger partial charge in [-0.2, -0.15) is 0 Å². The van der Waals surface area contributed by atoms with Crippen molar-refractivity contribution < 1.29 is 9.53 Å². The summed E-state index contributed by atoms with van der Waals surface area (Å²) in [6.07, 6.45) is 4.56. The van der Waals surface area contributed by atoms with Gasteiger partial charge < -0.3 is 21.5 Å². The number of carbonyl (C=O) groups is 1. The Kier molecular flexibility index (Phi) is 6.35.